The minimum atomic E-state index is -3.48. The highest BCUT2D eigenvalue weighted by Crippen LogP contribution is 2.21. The zero-order valence-electron chi connectivity index (χ0n) is 12.5. The second kappa shape index (κ2) is 5.72. The van der Waals surface area contributed by atoms with E-state index in [2.05, 4.69) is 4.98 Å². The van der Waals surface area contributed by atoms with Crippen LogP contribution in [0.1, 0.15) is 19.8 Å². The van der Waals surface area contributed by atoms with Gasteiger partial charge in [0, 0.05) is 13.1 Å². The Hall–Kier alpha value is -1.89. The third-order valence-corrected chi connectivity index (χ3v) is 5.66. The van der Waals surface area contributed by atoms with Gasteiger partial charge in [0.15, 0.2) is 0 Å². The molecule has 1 aliphatic heterocycles. The number of hydrogen-bond donors (Lipinski definition) is 0. The predicted octanol–water partition coefficient (Wildman–Crippen LogP) is 1.45. The van der Waals surface area contributed by atoms with Crippen molar-refractivity contribution in [1.29, 1.82) is 0 Å². The Morgan fingerprint density at radius 2 is 1.91 bits per heavy atom. The molecule has 1 aromatic carbocycles. The van der Waals surface area contributed by atoms with Crippen LogP contribution >= 0.6 is 0 Å². The van der Waals surface area contributed by atoms with E-state index in [4.69, 9.17) is 0 Å². The normalized spacial score (nSPS) is 15.6. The van der Waals surface area contributed by atoms with Gasteiger partial charge in [-0.1, -0.05) is 19.1 Å². The van der Waals surface area contributed by atoms with Crippen LogP contribution in [0.25, 0.3) is 11.0 Å². The van der Waals surface area contributed by atoms with Gasteiger partial charge in [0.25, 0.3) is 0 Å². The molecule has 2 heterocycles. The van der Waals surface area contributed by atoms with Crippen molar-refractivity contribution < 1.29 is 13.2 Å². The van der Waals surface area contributed by atoms with Crippen molar-refractivity contribution in [2.45, 2.75) is 31.5 Å². The van der Waals surface area contributed by atoms with Crippen LogP contribution in [0, 0.1) is 0 Å². The molecule has 1 aliphatic rings. The van der Waals surface area contributed by atoms with Gasteiger partial charge in [-0.05, 0) is 25.0 Å². The quantitative estimate of drug-likeness (QED) is 0.854. The smallest absolute Gasteiger partial charge is 0.242 e. The molecule has 22 heavy (non-hydrogen) atoms. The Bertz CT molecular complexity index is 805. The van der Waals surface area contributed by atoms with Crippen LogP contribution in [-0.2, 0) is 21.2 Å². The number of benzene rings is 1. The standard InChI is InChI=1S/C15H19N3O3S/c1-2-22(20,21)15-16-12-7-3-4-8-13(12)18(15)11-14(19)17-9-5-6-10-17/h3-4,7-8H,2,5-6,9-11H2,1H3. The summed E-state index contributed by atoms with van der Waals surface area (Å²) >= 11 is 0. The van der Waals surface area contributed by atoms with Gasteiger partial charge in [-0.3, -0.25) is 4.79 Å². The molecular weight excluding hydrogens is 302 g/mol. The highest BCUT2D eigenvalue weighted by molar-refractivity contribution is 7.91. The number of fused-ring (bicyclic) bond motifs is 1. The summed E-state index contributed by atoms with van der Waals surface area (Å²) in [4.78, 5) is 18.4. The van der Waals surface area contributed by atoms with E-state index in [1.807, 2.05) is 12.1 Å². The summed E-state index contributed by atoms with van der Waals surface area (Å²) in [7, 11) is -3.48. The number of sulfone groups is 1. The van der Waals surface area contributed by atoms with Crippen molar-refractivity contribution in [3.63, 3.8) is 0 Å². The number of hydrogen-bond acceptors (Lipinski definition) is 4. The molecule has 1 amide bonds. The number of aromatic nitrogens is 2. The van der Waals surface area contributed by atoms with Gasteiger partial charge in [-0.2, -0.15) is 0 Å². The maximum Gasteiger partial charge on any atom is 0.242 e. The second-order valence-corrected chi connectivity index (χ2v) is 7.63. The fourth-order valence-electron chi connectivity index (χ4n) is 2.77. The molecule has 3 rings (SSSR count). The summed E-state index contributed by atoms with van der Waals surface area (Å²) in [5.41, 5.74) is 1.28. The number of rotatable bonds is 4. The average molecular weight is 321 g/mol. The maximum absolute atomic E-state index is 12.4. The lowest BCUT2D eigenvalue weighted by Crippen LogP contribution is -2.32. The molecule has 1 saturated heterocycles. The van der Waals surface area contributed by atoms with Crippen LogP contribution in [0.3, 0.4) is 0 Å². The third kappa shape index (κ3) is 2.61. The van der Waals surface area contributed by atoms with E-state index in [0.29, 0.717) is 11.0 Å². The van der Waals surface area contributed by atoms with Gasteiger partial charge < -0.3 is 9.47 Å². The number of carbonyl (C=O) groups excluding carboxylic acids is 1. The Kier molecular flexibility index (Phi) is 3.90. The lowest BCUT2D eigenvalue weighted by atomic mass is 10.3. The number of amides is 1. The highest BCUT2D eigenvalue weighted by atomic mass is 32.2. The van der Waals surface area contributed by atoms with Gasteiger partial charge in [0.1, 0.15) is 6.54 Å². The van der Waals surface area contributed by atoms with Crippen LogP contribution in [0.2, 0.25) is 0 Å². The molecule has 1 aromatic heterocycles. The molecule has 0 saturated carbocycles. The van der Waals surface area contributed by atoms with Gasteiger partial charge in [-0.25, -0.2) is 13.4 Å². The topological polar surface area (TPSA) is 72.3 Å². The van der Waals surface area contributed by atoms with Gasteiger partial charge in [0.05, 0.1) is 16.8 Å². The summed E-state index contributed by atoms with van der Waals surface area (Å²) in [6.45, 7) is 3.11. The third-order valence-electron chi connectivity index (χ3n) is 4.03. The van der Waals surface area contributed by atoms with Crippen molar-refractivity contribution in [1.82, 2.24) is 14.5 Å². The van der Waals surface area contributed by atoms with E-state index >= 15 is 0 Å². The van der Waals surface area contributed by atoms with E-state index in [9.17, 15) is 13.2 Å². The Morgan fingerprint density at radius 1 is 1.23 bits per heavy atom. The van der Waals surface area contributed by atoms with Crippen molar-refractivity contribution in [2.24, 2.45) is 0 Å². The molecular formula is C15H19N3O3S. The van der Waals surface area contributed by atoms with Crippen LogP contribution in [0.15, 0.2) is 29.4 Å². The lowest BCUT2D eigenvalue weighted by molar-refractivity contribution is -0.130. The zero-order valence-corrected chi connectivity index (χ0v) is 13.3. The zero-order chi connectivity index (χ0) is 15.7. The van der Waals surface area contributed by atoms with Crippen LogP contribution in [0.5, 0.6) is 0 Å². The minimum absolute atomic E-state index is 0.0104. The number of nitrogens with zero attached hydrogens (tertiary/aromatic N) is 3. The fraction of sp³-hybridized carbons (Fsp3) is 0.467. The Labute approximate surface area is 129 Å². The number of carbonyl (C=O) groups is 1. The number of imidazole rings is 1. The molecule has 0 radical (unpaired) electrons. The van der Waals surface area contributed by atoms with Crippen molar-refractivity contribution in [3.05, 3.63) is 24.3 Å². The van der Waals surface area contributed by atoms with Crippen LogP contribution < -0.4 is 0 Å². The van der Waals surface area contributed by atoms with E-state index in [-0.39, 0.29) is 23.4 Å². The maximum atomic E-state index is 12.4. The molecule has 6 nitrogen and oxygen atoms in total. The summed E-state index contributed by atoms with van der Waals surface area (Å²) in [6, 6.07) is 7.20. The van der Waals surface area contributed by atoms with E-state index in [0.717, 1.165) is 25.9 Å². The van der Waals surface area contributed by atoms with Crippen LogP contribution in [-0.4, -0.2) is 47.6 Å². The molecule has 0 unspecified atom stereocenters. The molecule has 7 heteroatoms. The fourth-order valence-corrected chi connectivity index (χ4v) is 3.77. The van der Waals surface area contributed by atoms with Gasteiger partial charge >= 0.3 is 0 Å². The second-order valence-electron chi connectivity index (χ2n) is 5.46. The molecule has 118 valence electrons. The highest BCUT2D eigenvalue weighted by Gasteiger charge is 2.25. The van der Waals surface area contributed by atoms with Gasteiger partial charge in [-0.15, -0.1) is 0 Å². The molecule has 2 aromatic rings. The first-order chi connectivity index (χ1) is 10.5. The molecule has 0 atom stereocenters. The minimum Gasteiger partial charge on any atom is -0.341 e. The number of likely N-dealkylation sites (tertiary alicyclic amines) is 1. The molecule has 1 fully saturated rings. The molecule has 0 aliphatic carbocycles. The van der Waals surface area contributed by atoms with E-state index < -0.39 is 9.84 Å². The lowest BCUT2D eigenvalue weighted by Gasteiger charge is -2.16. The number of para-hydroxylation sites is 2. The van der Waals surface area contributed by atoms with Crippen molar-refractivity contribution >= 4 is 26.8 Å². The van der Waals surface area contributed by atoms with Crippen molar-refractivity contribution in [2.75, 3.05) is 18.8 Å². The summed E-state index contributed by atoms with van der Waals surface area (Å²) in [5, 5.41) is -0.0104. The van der Waals surface area contributed by atoms with E-state index in [1.54, 1.807) is 24.0 Å². The Morgan fingerprint density at radius 3 is 2.59 bits per heavy atom. The van der Waals surface area contributed by atoms with E-state index in [1.165, 1.54) is 4.57 Å². The van der Waals surface area contributed by atoms with Crippen LogP contribution in [0.4, 0.5) is 0 Å². The predicted molar refractivity (Wildman–Crippen MR) is 83.3 cm³/mol. The largest absolute Gasteiger partial charge is 0.341 e. The molecule has 0 bridgehead atoms. The first-order valence-electron chi connectivity index (χ1n) is 7.48. The first kappa shape index (κ1) is 15.0. The first-order valence-corrected chi connectivity index (χ1v) is 9.14. The SMILES string of the molecule is CCS(=O)(=O)c1nc2ccccc2n1CC(=O)N1CCCC1. The van der Waals surface area contributed by atoms with Gasteiger partial charge in [0.2, 0.25) is 20.9 Å². The summed E-state index contributed by atoms with van der Waals surface area (Å²) in [5.74, 6) is -0.0815. The molecule has 0 spiro atoms. The monoisotopic (exact) mass is 321 g/mol. The van der Waals surface area contributed by atoms with Crippen molar-refractivity contribution in [3.8, 4) is 0 Å². The summed E-state index contributed by atoms with van der Waals surface area (Å²) in [6.07, 6.45) is 2.02. The molecule has 0 N–H and O–H groups in total. The summed E-state index contributed by atoms with van der Waals surface area (Å²) < 4.78 is 26.1. The average Bonchev–Trinajstić information content (AvgIpc) is 3.16. The Balaban J connectivity index is 2.06.